The molecule has 0 spiro atoms. The van der Waals surface area contributed by atoms with Gasteiger partial charge in [0.1, 0.15) is 5.82 Å². The Morgan fingerprint density at radius 1 is 1.21 bits per heavy atom. The molecular formula is C15H24FN4O2S2+. The molecule has 1 aromatic rings. The first-order chi connectivity index (χ1) is 11.3. The number of halogens is 1. The zero-order valence-electron chi connectivity index (χ0n) is 14.0. The van der Waals surface area contributed by atoms with Gasteiger partial charge in [-0.05, 0) is 36.5 Å². The van der Waals surface area contributed by atoms with Crippen molar-refractivity contribution >= 4 is 27.4 Å². The Hall–Kier alpha value is -1.29. The van der Waals surface area contributed by atoms with Crippen LogP contribution in [0.4, 0.5) is 4.39 Å². The molecule has 1 aliphatic rings. The molecule has 0 amide bonds. The second kappa shape index (κ2) is 8.19. The average Bonchev–Trinajstić information content (AvgIpc) is 2.55. The van der Waals surface area contributed by atoms with E-state index in [1.807, 2.05) is 4.90 Å². The Morgan fingerprint density at radius 3 is 2.33 bits per heavy atom. The van der Waals surface area contributed by atoms with Crippen LogP contribution in [-0.4, -0.2) is 76.1 Å². The lowest BCUT2D eigenvalue weighted by Gasteiger charge is -2.35. The molecule has 1 saturated heterocycles. The van der Waals surface area contributed by atoms with Crippen LogP contribution in [0, 0.1) is 5.82 Å². The third-order valence-electron chi connectivity index (χ3n) is 3.88. The largest absolute Gasteiger partial charge is 0.357 e. The van der Waals surface area contributed by atoms with Crippen LogP contribution in [0.15, 0.2) is 29.2 Å². The first-order valence-electron chi connectivity index (χ1n) is 7.88. The fourth-order valence-corrected chi connectivity index (χ4v) is 4.13. The molecule has 0 atom stereocenters. The number of rotatable bonds is 5. The van der Waals surface area contributed by atoms with Crippen molar-refractivity contribution in [2.75, 3.05) is 53.4 Å². The van der Waals surface area contributed by atoms with Gasteiger partial charge in [-0.3, -0.25) is 0 Å². The highest BCUT2D eigenvalue weighted by atomic mass is 32.2. The van der Waals surface area contributed by atoms with Crippen molar-refractivity contribution in [1.82, 2.24) is 14.5 Å². The van der Waals surface area contributed by atoms with E-state index in [9.17, 15) is 12.8 Å². The Bertz CT molecular complexity index is 657. The molecule has 0 unspecified atom stereocenters. The number of likely N-dealkylation sites (N-methyl/N-ethyl adjacent to an activating group) is 1. The van der Waals surface area contributed by atoms with Crippen LogP contribution in [0.5, 0.6) is 0 Å². The topological polar surface area (TPSA) is 57.1 Å². The van der Waals surface area contributed by atoms with Gasteiger partial charge < -0.3 is 15.1 Å². The van der Waals surface area contributed by atoms with Crippen molar-refractivity contribution in [1.29, 1.82) is 0 Å². The lowest BCUT2D eigenvalue weighted by atomic mass is 10.4. The van der Waals surface area contributed by atoms with Crippen molar-refractivity contribution < 1.29 is 17.7 Å². The monoisotopic (exact) mass is 375 g/mol. The average molecular weight is 376 g/mol. The maximum Gasteiger partial charge on any atom is 0.243 e. The number of hydrogen-bond donors (Lipinski definition) is 2. The molecule has 0 radical (unpaired) electrons. The molecule has 1 aliphatic heterocycles. The van der Waals surface area contributed by atoms with Crippen molar-refractivity contribution in [2.24, 2.45) is 0 Å². The van der Waals surface area contributed by atoms with Gasteiger partial charge in [0, 0.05) is 26.2 Å². The van der Waals surface area contributed by atoms with Crippen molar-refractivity contribution in [2.45, 2.75) is 4.90 Å². The fourth-order valence-electron chi connectivity index (χ4n) is 2.42. The summed E-state index contributed by atoms with van der Waals surface area (Å²) in [5.74, 6) is -0.449. The third-order valence-corrected chi connectivity index (χ3v) is 6.19. The molecule has 2 N–H and O–H groups in total. The maximum absolute atomic E-state index is 13.0. The second-order valence-electron chi connectivity index (χ2n) is 6.03. The zero-order valence-corrected chi connectivity index (χ0v) is 15.6. The van der Waals surface area contributed by atoms with E-state index in [1.54, 1.807) is 0 Å². The number of thiocarbonyl (C=S) groups is 1. The third kappa shape index (κ3) is 4.85. The summed E-state index contributed by atoms with van der Waals surface area (Å²) in [6.45, 7) is 3.55. The summed E-state index contributed by atoms with van der Waals surface area (Å²) in [6.07, 6.45) is 0. The van der Waals surface area contributed by atoms with Crippen LogP contribution in [0.25, 0.3) is 0 Å². The number of quaternary nitrogens is 1. The minimum Gasteiger partial charge on any atom is -0.357 e. The van der Waals surface area contributed by atoms with E-state index in [4.69, 9.17) is 12.2 Å². The van der Waals surface area contributed by atoms with Gasteiger partial charge in [0.05, 0.1) is 32.1 Å². The molecule has 9 heteroatoms. The zero-order chi connectivity index (χ0) is 17.7. The maximum atomic E-state index is 13.0. The quantitative estimate of drug-likeness (QED) is 0.657. The fraction of sp³-hybridized carbons (Fsp3) is 0.533. The van der Waals surface area contributed by atoms with Crippen LogP contribution < -0.4 is 10.2 Å². The highest BCUT2D eigenvalue weighted by Gasteiger charge is 2.29. The Kier molecular flexibility index (Phi) is 6.50. The molecule has 134 valence electrons. The molecule has 0 bridgehead atoms. The van der Waals surface area contributed by atoms with Gasteiger partial charge in [-0.25, -0.2) is 12.8 Å². The number of nitrogens with zero attached hydrogens (tertiary/aromatic N) is 2. The SMILES string of the molecule is C[NH+](C)CCNC(=S)N1CCN(S(=O)(=O)c2ccc(F)cc2)CC1. The molecule has 1 heterocycles. The first kappa shape index (κ1) is 19.0. The lowest BCUT2D eigenvalue weighted by molar-refractivity contribution is -0.856. The molecule has 0 saturated carbocycles. The van der Waals surface area contributed by atoms with Gasteiger partial charge in [0.25, 0.3) is 0 Å². The summed E-state index contributed by atoms with van der Waals surface area (Å²) in [5, 5.41) is 3.86. The van der Waals surface area contributed by atoms with Crippen LogP contribution >= 0.6 is 12.2 Å². The first-order valence-corrected chi connectivity index (χ1v) is 9.73. The molecular weight excluding hydrogens is 351 g/mol. The van der Waals surface area contributed by atoms with E-state index in [1.165, 1.54) is 21.3 Å². The van der Waals surface area contributed by atoms with E-state index in [2.05, 4.69) is 19.4 Å². The predicted molar refractivity (Wildman–Crippen MR) is 95.0 cm³/mol. The van der Waals surface area contributed by atoms with Crippen LogP contribution in [0.1, 0.15) is 0 Å². The number of nitrogens with one attached hydrogen (secondary N) is 2. The Morgan fingerprint density at radius 2 is 1.79 bits per heavy atom. The number of benzene rings is 1. The molecule has 0 aliphatic carbocycles. The van der Waals surface area contributed by atoms with Gasteiger partial charge in [-0.2, -0.15) is 4.31 Å². The van der Waals surface area contributed by atoms with Gasteiger partial charge >= 0.3 is 0 Å². The highest BCUT2D eigenvalue weighted by Crippen LogP contribution is 2.18. The molecule has 1 fully saturated rings. The van der Waals surface area contributed by atoms with Gasteiger partial charge in [-0.1, -0.05) is 0 Å². The summed E-state index contributed by atoms with van der Waals surface area (Å²) >= 11 is 5.36. The molecule has 2 rings (SSSR count). The van der Waals surface area contributed by atoms with E-state index in [-0.39, 0.29) is 4.90 Å². The van der Waals surface area contributed by atoms with Crippen molar-refractivity contribution in [3.63, 3.8) is 0 Å². The summed E-state index contributed by atoms with van der Waals surface area (Å²) in [7, 11) is 0.563. The highest BCUT2D eigenvalue weighted by molar-refractivity contribution is 7.89. The minimum atomic E-state index is -3.58. The van der Waals surface area contributed by atoms with E-state index >= 15 is 0 Å². The van der Waals surface area contributed by atoms with E-state index < -0.39 is 15.8 Å². The summed E-state index contributed by atoms with van der Waals surface area (Å²) < 4.78 is 39.5. The normalized spacial score (nSPS) is 16.4. The van der Waals surface area contributed by atoms with Gasteiger partial charge in [0.15, 0.2) is 5.11 Å². The number of piperazine rings is 1. The van der Waals surface area contributed by atoms with Crippen molar-refractivity contribution in [3.05, 3.63) is 30.1 Å². The molecule has 24 heavy (non-hydrogen) atoms. The van der Waals surface area contributed by atoms with E-state index in [0.29, 0.717) is 31.3 Å². The van der Waals surface area contributed by atoms with Gasteiger partial charge in [-0.15, -0.1) is 0 Å². The molecule has 0 aromatic heterocycles. The smallest absolute Gasteiger partial charge is 0.243 e. The molecule has 1 aromatic carbocycles. The number of sulfonamides is 1. The summed E-state index contributed by atoms with van der Waals surface area (Å²) in [6, 6.07) is 4.92. The second-order valence-corrected chi connectivity index (χ2v) is 8.36. The Labute approximate surface area is 148 Å². The van der Waals surface area contributed by atoms with Crippen LogP contribution in [0.2, 0.25) is 0 Å². The molecule has 6 nitrogen and oxygen atoms in total. The Balaban J connectivity index is 1.90. The predicted octanol–water partition coefficient (Wildman–Crippen LogP) is -0.849. The summed E-state index contributed by atoms with van der Waals surface area (Å²) in [5.41, 5.74) is 0. The van der Waals surface area contributed by atoms with E-state index in [0.717, 1.165) is 25.2 Å². The number of hydrogen-bond acceptors (Lipinski definition) is 3. The lowest BCUT2D eigenvalue weighted by Crippen LogP contribution is -3.06. The van der Waals surface area contributed by atoms with Crippen molar-refractivity contribution in [3.8, 4) is 0 Å². The standard InChI is InChI=1S/C15H23FN4O2S2/c1-18(2)8-7-17-15(23)19-9-11-20(12-10-19)24(21,22)14-5-3-13(16)4-6-14/h3-6H,7-12H2,1-2H3,(H,17,23)/p+1. The van der Waals surface area contributed by atoms with Crippen LogP contribution in [0.3, 0.4) is 0 Å². The van der Waals surface area contributed by atoms with Crippen LogP contribution in [-0.2, 0) is 10.0 Å². The van der Waals surface area contributed by atoms with Gasteiger partial charge in [0.2, 0.25) is 10.0 Å². The summed E-state index contributed by atoms with van der Waals surface area (Å²) in [4.78, 5) is 3.43. The minimum absolute atomic E-state index is 0.118.